The molecule has 0 atom stereocenters. The fraction of sp³-hybridized carbons (Fsp3) is 0. The van der Waals surface area contributed by atoms with Gasteiger partial charge >= 0.3 is 0 Å². The summed E-state index contributed by atoms with van der Waals surface area (Å²) >= 11 is 3.37. The van der Waals surface area contributed by atoms with Crippen LogP contribution in [-0.4, -0.2) is 14.6 Å². The number of aromatic nitrogens is 3. The van der Waals surface area contributed by atoms with Crippen molar-refractivity contribution in [2.75, 3.05) is 5.73 Å². The van der Waals surface area contributed by atoms with Gasteiger partial charge in [0.1, 0.15) is 11.3 Å². The molecule has 0 radical (unpaired) electrons. The van der Waals surface area contributed by atoms with E-state index in [1.54, 1.807) is 35.2 Å². The molecule has 3 rings (SSSR count). The van der Waals surface area contributed by atoms with Gasteiger partial charge in [0, 0.05) is 28.6 Å². The maximum atomic E-state index is 5.76. The lowest BCUT2D eigenvalue weighted by molar-refractivity contribution is 0.465. The zero-order valence-corrected chi connectivity index (χ0v) is 10.8. The SMILES string of the molecule is Nc1cc(Br)cc(Oc2nccn3nccc23)c1. The Kier molecular flexibility index (Phi) is 2.64. The predicted octanol–water partition coefficient (Wildman–Crippen LogP) is 2.87. The van der Waals surface area contributed by atoms with Crippen LogP contribution in [0.2, 0.25) is 0 Å². The van der Waals surface area contributed by atoms with Crippen molar-refractivity contribution in [1.82, 2.24) is 14.6 Å². The number of halogens is 1. The van der Waals surface area contributed by atoms with Crippen molar-refractivity contribution in [2.24, 2.45) is 0 Å². The minimum absolute atomic E-state index is 0.493. The molecule has 1 aromatic carbocycles. The summed E-state index contributed by atoms with van der Waals surface area (Å²) in [5, 5.41) is 4.12. The average Bonchev–Trinajstić information content (AvgIpc) is 2.76. The van der Waals surface area contributed by atoms with Crippen molar-refractivity contribution >= 4 is 27.1 Å². The lowest BCUT2D eigenvalue weighted by atomic mass is 10.3. The first-order valence-electron chi connectivity index (χ1n) is 5.25. The summed E-state index contributed by atoms with van der Waals surface area (Å²) in [5.74, 6) is 1.12. The van der Waals surface area contributed by atoms with Crippen LogP contribution in [0.4, 0.5) is 5.69 Å². The van der Waals surface area contributed by atoms with Crippen molar-refractivity contribution in [2.45, 2.75) is 0 Å². The van der Waals surface area contributed by atoms with Crippen LogP contribution in [0, 0.1) is 0 Å². The minimum Gasteiger partial charge on any atom is -0.437 e. The Hall–Kier alpha value is -2.08. The molecule has 0 amide bonds. The van der Waals surface area contributed by atoms with E-state index in [4.69, 9.17) is 10.5 Å². The second-order valence-corrected chi connectivity index (χ2v) is 4.63. The van der Waals surface area contributed by atoms with E-state index < -0.39 is 0 Å². The molecule has 5 nitrogen and oxygen atoms in total. The molecule has 0 bridgehead atoms. The van der Waals surface area contributed by atoms with Gasteiger partial charge in [-0.05, 0) is 18.2 Å². The first-order valence-corrected chi connectivity index (χ1v) is 6.04. The van der Waals surface area contributed by atoms with E-state index in [2.05, 4.69) is 26.0 Å². The highest BCUT2D eigenvalue weighted by Crippen LogP contribution is 2.28. The Morgan fingerprint density at radius 2 is 2.11 bits per heavy atom. The second kappa shape index (κ2) is 4.30. The standard InChI is InChI=1S/C12H9BrN4O/c13-8-5-9(14)7-10(6-8)18-12-11-1-2-16-17(11)4-3-15-12/h1-7H,14H2. The van der Waals surface area contributed by atoms with Crippen LogP contribution in [0.15, 0.2) is 47.3 Å². The van der Waals surface area contributed by atoms with Crippen molar-refractivity contribution in [3.63, 3.8) is 0 Å². The van der Waals surface area contributed by atoms with Crippen LogP contribution >= 0.6 is 15.9 Å². The number of ether oxygens (including phenoxy) is 1. The molecule has 0 aliphatic carbocycles. The molecule has 2 N–H and O–H groups in total. The summed E-state index contributed by atoms with van der Waals surface area (Å²) in [6.07, 6.45) is 5.09. The number of fused-ring (bicyclic) bond motifs is 1. The molecule has 0 fully saturated rings. The quantitative estimate of drug-likeness (QED) is 0.739. The minimum atomic E-state index is 0.493. The third kappa shape index (κ3) is 2.02. The van der Waals surface area contributed by atoms with E-state index in [0.717, 1.165) is 9.99 Å². The van der Waals surface area contributed by atoms with Crippen LogP contribution in [0.25, 0.3) is 5.52 Å². The van der Waals surface area contributed by atoms with Gasteiger partial charge in [-0.1, -0.05) is 15.9 Å². The van der Waals surface area contributed by atoms with Gasteiger partial charge in [0.2, 0.25) is 5.88 Å². The molecule has 2 aromatic heterocycles. The molecule has 0 spiro atoms. The van der Waals surface area contributed by atoms with E-state index in [9.17, 15) is 0 Å². The maximum absolute atomic E-state index is 5.76. The smallest absolute Gasteiger partial charge is 0.245 e. The van der Waals surface area contributed by atoms with Crippen LogP contribution in [0.1, 0.15) is 0 Å². The number of anilines is 1. The Labute approximate surface area is 111 Å². The first kappa shape index (κ1) is 11.0. The van der Waals surface area contributed by atoms with Gasteiger partial charge in [-0.25, -0.2) is 9.50 Å². The molecule has 0 unspecified atom stereocenters. The number of hydrogen-bond donors (Lipinski definition) is 1. The molecule has 0 saturated carbocycles. The van der Waals surface area contributed by atoms with E-state index in [0.29, 0.717) is 17.3 Å². The molecular formula is C12H9BrN4O. The number of nitrogen functional groups attached to an aromatic ring is 1. The van der Waals surface area contributed by atoms with Crippen LogP contribution in [-0.2, 0) is 0 Å². The zero-order valence-electron chi connectivity index (χ0n) is 9.25. The van der Waals surface area contributed by atoms with E-state index >= 15 is 0 Å². The fourth-order valence-corrected chi connectivity index (χ4v) is 2.16. The number of hydrogen-bond acceptors (Lipinski definition) is 4. The predicted molar refractivity (Wildman–Crippen MR) is 71.6 cm³/mol. The summed E-state index contributed by atoms with van der Waals surface area (Å²) in [4.78, 5) is 4.19. The highest BCUT2D eigenvalue weighted by atomic mass is 79.9. The van der Waals surface area contributed by atoms with E-state index in [1.807, 2.05) is 12.1 Å². The third-order valence-electron chi connectivity index (χ3n) is 2.40. The second-order valence-electron chi connectivity index (χ2n) is 3.72. The van der Waals surface area contributed by atoms with Crippen molar-refractivity contribution in [3.05, 3.63) is 47.3 Å². The highest BCUT2D eigenvalue weighted by Gasteiger charge is 2.06. The van der Waals surface area contributed by atoms with Crippen molar-refractivity contribution in [1.29, 1.82) is 0 Å². The van der Waals surface area contributed by atoms with Crippen molar-refractivity contribution < 1.29 is 4.74 Å². The summed E-state index contributed by atoms with van der Waals surface area (Å²) in [5.41, 5.74) is 7.18. The van der Waals surface area contributed by atoms with Gasteiger partial charge in [-0.3, -0.25) is 0 Å². The van der Waals surface area contributed by atoms with Gasteiger partial charge in [0.05, 0.1) is 6.20 Å². The Morgan fingerprint density at radius 1 is 1.22 bits per heavy atom. The fourth-order valence-electron chi connectivity index (χ4n) is 1.67. The maximum Gasteiger partial charge on any atom is 0.245 e. The van der Waals surface area contributed by atoms with Crippen LogP contribution in [0.5, 0.6) is 11.6 Å². The number of nitrogens with two attached hydrogens (primary N) is 1. The molecule has 3 aromatic rings. The number of rotatable bonds is 2. The normalized spacial score (nSPS) is 10.7. The monoisotopic (exact) mass is 304 g/mol. The van der Waals surface area contributed by atoms with Gasteiger partial charge in [-0.2, -0.15) is 5.10 Å². The number of benzene rings is 1. The van der Waals surface area contributed by atoms with Crippen LogP contribution in [0.3, 0.4) is 0 Å². The summed E-state index contributed by atoms with van der Waals surface area (Å²) in [6, 6.07) is 7.22. The molecule has 0 saturated heterocycles. The van der Waals surface area contributed by atoms with Gasteiger partial charge in [0.15, 0.2) is 0 Å². The Balaban J connectivity index is 2.03. The van der Waals surface area contributed by atoms with E-state index in [1.165, 1.54) is 0 Å². The van der Waals surface area contributed by atoms with Gasteiger partial charge < -0.3 is 10.5 Å². The molecule has 6 heteroatoms. The molecule has 2 heterocycles. The molecule has 0 aliphatic rings. The largest absolute Gasteiger partial charge is 0.437 e. The summed E-state index contributed by atoms with van der Waals surface area (Å²) < 4.78 is 8.29. The van der Waals surface area contributed by atoms with E-state index in [-0.39, 0.29) is 0 Å². The Bertz CT molecular complexity index is 690. The lowest BCUT2D eigenvalue weighted by Crippen LogP contribution is -1.94. The Morgan fingerprint density at radius 3 is 2.94 bits per heavy atom. The zero-order chi connectivity index (χ0) is 12.5. The summed E-state index contributed by atoms with van der Waals surface area (Å²) in [6.45, 7) is 0. The van der Waals surface area contributed by atoms with Crippen molar-refractivity contribution in [3.8, 4) is 11.6 Å². The van der Waals surface area contributed by atoms with Gasteiger partial charge in [0.25, 0.3) is 0 Å². The third-order valence-corrected chi connectivity index (χ3v) is 2.86. The molecular weight excluding hydrogens is 296 g/mol. The van der Waals surface area contributed by atoms with Gasteiger partial charge in [-0.15, -0.1) is 0 Å². The number of nitrogens with zero attached hydrogens (tertiary/aromatic N) is 3. The summed E-state index contributed by atoms with van der Waals surface area (Å²) in [7, 11) is 0. The average molecular weight is 305 g/mol. The highest BCUT2D eigenvalue weighted by molar-refractivity contribution is 9.10. The first-order chi connectivity index (χ1) is 8.72. The molecule has 90 valence electrons. The molecule has 18 heavy (non-hydrogen) atoms. The molecule has 0 aliphatic heterocycles. The lowest BCUT2D eigenvalue weighted by Gasteiger charge is -2.07. The van der Waals surface area contributed by atoms with Crippen LogP contribution < -0.4 is 10.5 Å². The topological polar surface area (TPSA) is 65.4 Å².